The first-order valence-corrected chi connectivity index (χ1v) is 6.45. The Morgan fingerprint density at radius 1 is 1.19 bits per heavy atom. The molecule has 4 N–H and O–H groups in total. The molecule has 8 heteroatoms. The van der Waals surface area contributed by atoms with E-state index < -0.39 is 43.3 Å². The van der Waals surface area contributed by atoms with Gasteiger partial charge in [-0.2, -0.15) is 0 Å². The highest BCUT2D eigenvalue weighted by Crippen LogP contribution is 2.38. The van der Waals surface area contributed by atoms with Gasteiger partial charge in [0, 0.05) is 0 Å². The lowest BCUT2D eigenvalue weighted by Gasteiger charge is -2.39. The minimum atomic E-state index is -1.39. The Bertz CT molecular complexity index is 551. The van der Waals surface area contributed by atoms with E-state index in [1.807, 2.05) is 0 Å². The molecule has 0 unspecified atom stereocenters. The Hall–Kier alpha value is -1.87. The summed E-state index contributed by atoms with van der Waals surface area (Å²) in [5.41, 5.74) is 0.162. The Labute approximate surface area is 119 Å². The number of hydrogen-bond donors (Lipinski definition) is 4. The molecule has 0 bridgehead atoms. The van der Waals surface area contributed by atoms with Crippen LogP contribution in [-0.2, 0) is 9.47 Å². The highest BCUT2D eigenvalue weighted by atomic mass is 16.6. The van der Waals surface area contributed by atoms with Crippen LogP contribution in [-0.4, -0.2) is 63.8 Å². The first-order valence-electron chi connectivity index (χ1n) is 6.45. The molecule has 114 valence electrons. The molecule has 2 aliphatic rings. The number of para-hydroxylation sites is 2. The van der Waals surface area contributed by atoms with Gasteiger partial charge in [0.25, 0.3) is 0 Å². The van der Waals surface area contributed by atoms with E-state index in [1.54, 1.807) is 12.1 Å². The molecule has 3 rings (SSSR count). The number of phenols is 1. The summed E-state index contributed by atoms with van der Waals surface area (Å²) in [7, 11) is 0. The molecule has 1 aromatic carbocycles. The summed E-state index contributed by atoms with van der Waals surface area (Å²) in [6.07, 6.45) is -6.76. The van der Waals surface area contributed by atoms with Crippen molar-refractivity contribution in [3.05, 3.63) is 24.3 Å². The maximum absolute atomic E-state index is 12.0. The monoisotopic (exact) mass is 297 g/mol. The molecule has 2 heterocycles. The van der Waals surface area contributed by atoms with Crippen LogP contribution in [0.4, 0.5) is 10.5 Å². The van der Waals surface area contributed by atoms with E-state index in [9.17, 15) is 25.2 Å². The van der Waals surface area contributed by atoms with Crippen molar-refractivity contribution in [1.29, 1.82) is 0 Å². The zero-order valence-corrected chi connectivity index (χ0v) is 10.9. The summed E-state index contributed by atoms with van der Waals surface area (Å²) in [5.74, 6) is -0.153. The van der Waals surface area contributed by atoms with Crippen LogP contribution < -0.4 is 4.90 Å². The van der Waals surface area contributed by atoms with Crippen molar-refractivity contribution in [2.24, 2.45) is 0 Å². The molecule has 0 radical (unpaired) electrons. The zero-order chi connectivity index (χ0) is 15.1. The van der Waals surface area contributed by atoms with Crippen LogP contribution in [0.25, 0.3) is 0 Å². The molecule has 1 amide bonds. The molecule has 1 aromatic rings. The molecular weight excluding hydrogens is 282 g/mol. The first kappa shape index (κ1) is 14.1. The number of carbonyl (C=O) groups is 1. The van der Waals surface area contributed by atoms with E-state index in [0.717, 1.165) is 4.90 Å². The minimum absolute atomic E-state index is 0.153. The van der Waals surface area contributed by atoms with Crippen molar-refractivity contribution in [3.63, 3.8) is 0 Å². The molecule has 21 heavy (non-hydrogen) atoms. The molecule has 0 aromatic heterocycles. The van der Waals surface area contributed by atoms with Crippen LogP contribution in [0.1, 0.15) is 0 Å². The number of hydrogen-bond acceptors (Lipinski definition) is 7. The summed E-state index contributed by atoms with van der Waals surface area (Å²) in [5, 5.41) is 38.8. The van der Waals surface area contributed by atoms with Crippen molar-refractivity contribution < 1.29 is 34.7 Å². The zero-order valence-electron chi connectivity index (χ0n) is 10.9. The summed E-state index contributed by atoms with van der Waals surface area (Å²) in [6, 6.07) is 6.10. The molecule has 5 atom stereocenters. The van der Waals surface area contributed by atoms with Gasteiger partial charge in [-0.15, -0.1) is 0 Å². The fraction of sp³-hybridized carbons (Fsp3) is 0.462. The van der Waals surface area contributed by atoms with Crippen LogP contribution >= 0.6 is 0 Å². The van der Waals surface area contributed by atoms with E-state index in [2.05, 4.69) is 0 Å². The lowest BCUT2D eigenvalue weighted by atomic mass is 9.98. The summed E-state index contributed by atoms with van der Waals surface area (Å²) in [6.45, 7) is -0.524. The average Bonchev–Trinajstić information content (AvgIpc) is 2.80. The smallest absolute Gasteiger partial charge is 0.417 e. The molecule has 2 saturated heterocycles. The number of nitrogens with zero attached hydrogens (tertiary/aromatic N) is 1. The molecule has 0 aliphatic carbocycles. The number of phenolic OH excluding ortho intramolecular Hbond substituents is 1. The second-order valence-corrected chi connectivity index (χ2v) is 4.94. The standard InChI is InChI=1S/C13H15NO7/c15-5-8-9(17)10(18)11-12(20-8)14(13(19)21-11)6-3-1-2-4-7(6)16/h1-4,8-12,15-18H,5H2/t8-,9-,10-,11-,12-/m1/s1. The molecule has 2 fully saturated rings. The maximum Gasteiger partial charge on any atom is 0.417 e. The number of aliphatic hydroxyl groups is 3. The average molecular weight is 297 g/mol. The number of rotatable bonds is 2. The predicted molar refractivity (Wildman–Crippen MR) is 68.6 cm³/mol. The summed E-state index contributed by atoms with van der Waals surface area (Å²) >= 11 is 0. The van der Waals surface area contributed by atoms with E-state index in [0.29, 0.717) is 0 Å². The van der Waals surface area contributed by atoms with Gasteiger partial charge in [-0.1, -0.05) is 12.1 Å². The lowest BCUT2D eigenvalue weighted by Crippen LogP contribution is -2.60. The van der Waals surface area contributed by atoms with Crippen molar-refractivity contribution in [2.45, 2.75) is 30.6 Å². The molecule has 8 nitrogen and oxygen atoms in total. The molecule has 0 saturated carbocycles. The summed E-state index contributed by atoms with van der Waals surface area (Å²) < 4.78 is 10.5. The number of aliphatic hydroxyl groups excluding tert-OH is 3. The normalized spacial score (nSPS) is 35.5. The van der Waals surface area contributed by atoms with E-state index in [-0.39, 0.29) is 11.4 Å². The van der Waals surface area contributed by atoms with Gasteiger partial charge in [-0.3, -0.25) is 0 Å². The van der Waals surface area contributed by atoms with Gasteiger partial charge in [-0.05, 0) is 12.1 Å². The van der Waals surface area contributed by atoms with Crippen molar-refractivity contribution in [1.82, 2.24) is 0 Å². The number of anilines is 1. The Morgan fingerprint density at radius 2 is 1.90 bits per heavy atom. The largest absolute Gasteiger partial charge is 0.506 e. The predicted octanol–water partition coefficient (Wildman–Crippen LogP) is -0.844. The lowest BCUT2D eigenvalue weighted by molar-refractivity contribution is -0.211. The third kappa shape index (κ3) is 2.12. The Balaban J connectivity index is 1.96. The Morgan fingerprint density at radius 3 is 2.57 bits per heavy atom. The van der Waals surface area contributed by atoms with Gasteiger partial charge < -0.3 is 29.9 Å². The molecular formula is C13H15NO7. The number of carbonyl (C=O) groups excluding carboxylic acids is 1. The Kier molecular flexibility index (Phi) is 3.46. The quantitative estimate of drug-likeness (QED) is 0.561. The van der Waals surface area contributed by atoms with Crippen molar-refractivity contribution in [3.8, 4) is 5.75 Å². The second kappa shape index (κ2) is 5.15. The van der Waals surface area contributed by atoms with Gasteiger partial charge in [0.1, 0.15) is 24.1 Å². The number of aromatic hydroxyl groups is 1. The number of benzene rings is 1. The second-order valence-electron chi connectivity index (χ2n) is 4.94. The number of amides is 1. The van der Waals surface area contributed by atoms with Crippen molar-refractivity contribution in [2.75, 3.05) is 11.5 Å². The van der Waals surface area contributed by atoms with Crippen LogP contribution in [0.15, 0.2) is 24.3 Å². The van der Waals surface area contributed by atoms with E-state index in [1.165, 1.54) is 12.1 Å². The van der Waals surface area contributed by atoms with Gasteiger partial charge >= 0.3 is 6.09 Å². The SMILES string of the molecule is O=C1O[C@@H]2[C@H](O)[C@H](O)[C@@H](CO)O[C@H]2N1c1ccccc1O. The fourth-order valence-corrected chi connectivity index (χ4v) is 2.59. The fourth-order valence-electron chi connectivity index (χ4n) is 2.59. The van der Waals surface area contributed by atoms with Gasteiger partial charge in [-0.25, -0.2) is 9.69 Å². The molecule has 2 aliphatic heterocycles. The topological polar surface area (TPSA) is 120 Å². The maximum atomic E-state index is 12.0. The van der Waals surface area contributed by atoms with Crippen molar-refractivity contribution >= 4 is 11.8 Å². The minimum Gasteiger partial charge on any atom is -0.506 e. The molecule has 0 spiro atoms. The van der Waals surface area contributed by atoms with E-state index >= 15 is 0 Å². The van der Waals surface area contributed by atoms with Crippen LogP contribution in [0.2, 0.25) is 0 Å². The highest BCUT2D eigenvalue weighted by Gasteiger charge is 2.55. The third-order valence-corrected chi connectivity index (χ3v) is 3.67. The van der Waals surface area contributed by atoms with Gasteiger partial charge in [0.2, 0.25) is 0 Å². The van der Waals surface area contributed by atoms with Gasteiger partial charge in [0.05, 0.1) is 12.3 Å². The number of fused-ring (bicyclic) bond motifs is 1. The van der Waals surface area contributed by atoms with E-state index in [4.69, 9.17) is 9.47 Å². The highest BCUT2D eigenvalue weighted by molar-refractivity contribution is 5.92. The van der Waals surface area contributed by atoms with Crippen LogP contribution in [0.3, 0.4) is 0 Å². The summed E-state index contributed by atoms with van der Waals surface area (Å²) in [4.78, 5) is 13.1. The number of ether oxygens (including phenoxy) is 2. The van der Waals surface area contributed by atoms with Crippen LogP contribution in [0, 0.1) is 0 Å². The first-order chi connectivity index (χ1) is 10.0. The third-order valence-electron chi connectivity index (χ3n) is 3.67. The van der Waals surface area contributed by atoms with Gasteiger partial charge in [0.15, 0.2) is 12.3 Å². The van der Waals surface area contributed by atoms with Crippen LogP contribution in [0.5, 0.6) is 5.75 Å².